The predicted octanol–water partition coefficient (Wildman–Crippen LogP) is 5.31. The Morgan fingerprint density at radius 3 is 2.57 bits per heavy atom. The zero-order chi connectivity index (χ0) is 32.6. The number of thioether (sulfide) groups is 1. The maximum Gasteiger partial charge on any atom is 0.341 e. The number of hydrogen-bond donors (Lipinski definition) is 2. The Morgan fingerprint density at radius 2 is 1.83 bits per heavy atom. The standard InChI is InChI=1S/C33H37N5O6S2/c1-5-44-32(41)28-23-12-9-13-26(23)46-31(28)35-29(39)20(2)45-33-37-36-27(38(33)17-16-21-10-7-6-8-11-21)19-34-30(40)22-14-15-24(42-3)25(18-22)43-4/h6-8,10-11,14-15,18,20H,5,9,12-13,16-17,19H2,1-4H3,(H,34,40)(H,35,39)/t20-/m0/s1. The molecule has 0 saturated carbocycles. The molecule has 2 N–H and O–H groups in total. The zero-order valence-electron chi connectivity index (χ0n) is 26.3. The van der Waals surface area contributed by atoms with Gasteiger partial charge in [0.25, 0.3) is 5.91 Å². The van der Waals surface area contributed by atoms with E-state index in [2.05, 4.69) is 20.8 Å². The van der Waals surface area contributed by atoms with Crippen molar-refractivity contribution < 1.29 is 28.6 Å². The van der Waals surface area contributed by atoms with E-state index >= 15 is 0 Å². The molecule has 0 spiro atoms. The fourth-order valence-electron chi connectivity index (χ4n) is 5.22. The van der Waals surface area contributed by atoms with Crippen LogP contribution in [0.5, 0.6) is 11.5 Å². The van der Waals surface area contributed by atoms with Crippen LogP contribution in [0, 0.1) is 0 Å². The first kappa shape index (κ1) is 33.0. The molecule has 11 nitrogen and oxygen atoms in total. The third kappa shape index (κ3) is 7.53. The normalized spacial score (nSPS) is 12.7. The highest BCUT2D eigenvalue weighted by Gasteiger charge is 2.30. The predicted molar refractivity (Wildman–Crippen MR) is 177 cm³/mol. The molecular formula is C33H37N5O6S2. The van der Waals surface area contributed by atoms with Crippen LogP contribution >= 0.6 is 23.1 Å². The van der Waals surface area contributed by atoms with E-state index < -0.39 is 11.2 Å². The van der Waals surface area contributed by atoms with Gasteiger partial charge in [-0.3, -0.25) is 9.59 Å². The Kier molecular flexibility index (Phi) is 11.0. The highest BCUT2D eigenvalue weighted by atomic mass is 32.2. The lowest BCUT2D eigenvalue weighted by Crippen LogP contribution is -2.26. The van der Waals surface area contributed by atoms with E-state index in [0.717, 1.165) is 35.3 Å². The highest BCUT2D eigenvalue weighted by molar-refractivity contribution is 8.00. The second-order valence-electron chi connectivity index (χ2n) is 10.6. The minimum Gasteiger partial charge on any atom is -0.493 e. The van der Waals surface area contributed by atoms with Crippen molar-refractivity contribution in [3.63, 3.8) is 0 Å². The van der Waals surface area contributed by atoms with Crippen LogP contribution in [0.1, 0.15) is 62.8 Å². The van der Waals surface area contributed by atoms with Crippen molar-refractivity contribution in [1.82, 2.24) is 20.1 Å². The number of nitrogens with zero attached hydrogens (tertiary/aromatic N) is 3. The van der Waals surface area contributed by atoms with E-state index in [1.165, 1.54) is 37.3 Å². The van der Waals surface area contributed by atoms with Gasteiger partial charge < -0.3 is 29.4 Å². The number of methoxy groups -OCH3 is 2. The van der Waals surface area contributed by atoms with Crippen LogP contribution in [0.4, 0.5) is 5.00 Å². The van der Waals surface area contributed by atoms with E-state index in [4.69, 9.17) is 14.2 Å². The minimum atomic E-state index is -0.555. The summed E-state index contributed by atoms with van der Waals surface area (Å²) in [7, 11) is 3.05. The van der Waals surface area contributed by atoms with Crippen LogP contribution < -0.4 is 20.1 Å². The lowest BCUT2D eigenvalue weighted by Gasteiger charge is -2.15. The van der Waals surface area contributed by atoms with Crippen molar-refractivity contribution in [1.29, 1.82) is 0 Å². The number of benzene rings is 2. The number of amides is 2. The molecule has 0 unspecified atom stereocenters. The molecule has 4 aromatic rings. The largest absolute Gasteiger partial charge is 0.493 e. The summed E-state index contributed by atoms with van der Waals surface area (Å²) < 4.78 is 17.9. The van der Waals surface area contributed by atoms with E-state index in [-0.39, 0.29) is 25.0 Å². The van der Waals surface area contributed by atoms with E-state index in [0.29, 0.717) is 51.6 Å². The molecule has 0 aliphatic heterocycles. The second-order valence-corrected chi connectivity index (χ2v) is 13.0. The van der Waals surface area contributed by atoms with Crippen molar-refractivity contribution in [2.45, 2.75) is 63.0 Å². The van der Waals surface area contributed by atoms with Crippen molar-refractivity contribution in [2.75, 3.05) is 26.1 Å². The molecule has 2 aromatic carbocycles. The van der Waals surface area contributed by atoms with Gasteiger partial charge in [-0.05, 0) is 68.9 Å². The van der Waals surface area contributed by atoms with Gasteiger partial charge in [-0.15, -0.1) is 21.5 Å². The summed E-state index contributed by atoms with van der Waals surface area (Å²) in [5.41, 5.74) is 3.01. The van der Waals surface area contributed by atoms with Gasteiger partial charge in [-0.25, -0.2) is 4.79 Å². The number of thiophene rings is 1. The van der Waals surface area contributed by atoms with E-state index in [9.17, 15) is 14.4 Å². The van der Waals surface area contributed by atoms with Gasteiger partial charge >= 0.3 is 5.97 Å². The van der Waals surface area contributed by atoms with Gasteiger partial charge in [0.1, 0.15) is 5.00 Å². The van der Waals surface area contributed by atoms with Crippen LogP contribution in [0.3, 0.4) is 0 Å². The smallest absolute Gasteiger partial charge is 0.341 e. The van der Waals surface area contributed by atoms with Crippen LogP contribution in [0.25, 0.3) is 0 Å². The molecular weight excluding hydrogens is 627 g/mol. The van der Waals surface area contributed by atoms with Crippen LogP contribution in [-0.2, 0) is 41.9 Å². The highest BCUT2D eigenvalue weighted by Crippen LogP contribution is 2.40. The lowest BCUT2D eigenvalue weighted by molar-refractivity contribution is -0.115. The molecule has 0 fully saturated rings. The number of carbonyl (C=O) groups excluding carboxylic acids is 3. The SMILES string of the molecule is CCOC(=O)c1c(NC(=O)[C@H](C)Sc2nnc(CNC(=O)c3ccc(OC)c(OC)c3)n2CCc2ccccc2)sc2c1CCC2. The topological polar surface area (TPSA) is 134 Å². The van der Waals surface area contributed by atoms with E-state index in [1.807, 2.05) is 34.9 Å². The van der Waals surface area contributed by atoms with Crippen molar-refractivity contribution in [3.05, 3.63) is 81.5 Å². The van der Waals surface area contributed by atoms with E-state index in [1.54, 1.807) is 32.0 Å². The molecule has 2 aromatic heterocycles. The Bertz CT molecular complexity index is 1700. The average molecular weight is 664 g/mol. The maximum atomic E-state index is 13.4. The summed E-state index contributed by atoms with van der Waals surface area (Å²) in [6.07, 6.45) is 3.38. The summed E-state index contributed by atoms with van der Waals surface area (Å²) in [4.78, 5) is 40.4. The summed E-state index contributed by atoms with van der Waals surface area (Å²) in [6, 6.07) is 15.0. The molecule has 0 radical (unpaired) electrons. The second kappa shape index (κ2) is 15.3. The minimum absolute atomic E-state index is 0.125. The molecule has 2 heterocycles. The average Bonchev–Trinajstić information content (AvgIpc) is 3.77. The molecule has 1 aliphatic carbocycles. The Balaban J connectivity index is 1.32. The summed E-state index contributed by atoms with van der Waals surface area (Å²) >= 11 is 2.72. The van der Waals surface area contributed by atoms with Gasteiger partial charge in [-0.2, -0.15) is 0 Å². The number of carbonyl (C=O) groups is 3. The Labute approximate surface area is 276 Å². The summed E-state index contributed by atoms with van der Waals surface area (Å²) in [6.45, 7) is 4.49. The fraction of sp³-hybridized carbons (Fsp3) is 0.364. The van der Waals surface area contributed by atoms with Gasteiger partial charge in [-0.1, -0.05) is 42.1 Å². The Hall–Kier alpha value is -4.36. The number of hydrogen-bond acceptors (Lipinski definition) is 10. The van der Waals surface area contributed by atoms with Crippen molar-refractivity contribution in [2.24, 2.45) is 0 Å². The third-order valence-corrected chi connectivity index (χ3v) is 9.89. The molecule has 2 amide bonds. The summed E-state index contributed by atoms with van der Waals surface area (Å²) in [5.74, 6) is 0.572. The quantitative estimate of drug-likeness (QED) is 0.136. The molecule has 1 aliphatic rings. The first-order valence-corrected chi connectivity index (χ1v) is 16.8. The number of anilines is 1. The van der Waals surface area contributed by atoms with Crippen LogP contribution in [0.15, 0.2) is 53.7 Å². The Morgan fingerprint density at radius 1 is 1.04 bits per heavy atom. The number of aromatic nitrogens is 3. The monoisotopic (exact) mass is 663 g/mol. The molecule has 5 rings (SSSR count). The fourth-order valence-corrected chi connectivity index (χ4v) is 7.40. The van der Waals surface area contributed by atoms with Crippen LogP contribution in [0.2, 0.25) is 0 Å². The maximum absolute atomic E-state index is 13.4. The number of rotatable bonds is 14. The van der Waals surface area contributed by atoms with Gasteiger partial charge in [0.2, 0.25) is 5.91 Å². The molecule has 0 bridgehead atoms. The zero-order valence-corrected chi connectivity index (χ0v) is 27.9. The van der Waals surface area contributed by atoms with Gasteiger partial charge in [0.05, 0.1) is 38.2 Å². The first-order valence-electron chi connectivity index (χ1n) is 15.1. The van der Waals surface area contributed by atoms with Crippen LogP contribution in [-0.4, -0.2) is 58.6 Å². The third-order valence-electron chi connectivity index (χ3n) is 7.60. The molecule has 0 saturated heterocycles. The number of ether oxygens (including phenoxy) is 3. The summed E-state index contributed by atoms with van der Waals surface area (Å²) in [5, 5.41) is 15.2. The number of nitrogens with one attached hydrogen (secondary N) is 2. The van der Waals surface area contributed by atoms with Gasteiger partial charge in [0.15, 0.2) is 22.5 Å². The lowest BCUT2D eigenvalue weighted by atomic mass is 10.1. The molecule has 1 atom stereocenters. The molecule has 46 heavy (non-hydrogen) atoms. The van der Waals surface area contributed by atoms with Crippen molar-refractivity contribution in [3.8, 4) is 11.5 Å². The first-order chi connectivity index (χ1) is 22.3. The number of aryl methyl sites for hydroxylation is 2. The molecule has 242 valence electrons. The molecule has 13 heteroatoms. The number of fused-ring (bicyclic) bond motifs is 1. The van der Waals surface area contributed by atoms with Gasteiger partial charge in [0, 0.05) is 17.0 Å². The number of esters is 1. The van der Waals surface area contributed by atoms with Crippen molar-refractivity contribution >= 4 is 45.9 Å².